The number of hydrogen-bond donors (Lipinski definition) is 0. The molecule has 0 amide bonds. The molecule has 3 aliphatic rings. The molecule has 0 N–H and O–H groups in total. The van der Waals surface area contributed by atoms with Gasteiger partial charge in [0.05, 0.1) is 0 Å². The van der Waals surface area contributed by atoms with Crippen LogP contribution in [0.15, 0.2) is 59.7 Å². The van der Waals surface area contributed by atoms with Gasteiger partial charge < -0.3 is 24.8 Å². The van der Waals surface area contributed by atoms with Crippen LogP contribution in [0.2, 0.25) is 0 Å². The molecule has 6 rings (SSSR count). The van der Waals surface area contributed by atoms with Crippen LogP contribution in [-0.4, -0.2) is 0 Å². The minimum Gasteiger partial charge on any atom is -1.00 e. The van der Waals surface area contributed by atoms with Crippen molar-refractivity contribution in [2.45, 2.75) is 73.1 Å². The van der Waals surface area contributed by atoms with Crippen LogP contribution < -0.4 is 24.8 Å². The predicted molar refractivity (Wildman–Crippen MR) is 146 cm³/mol. The van der Waals surface area contributed by atoms with E-state index in [1.807, 2.05) is 0 Å². The van der Waals surface area contributed by atoms with Gasteiger partial charge in [-0.15, -0.1) is 46.7 Å². The maximum Gasteiger partial charge on any atom is 4.00 e. The predicted octanol–water partition coefficient (Wildman–Crippen LogP) is 3.44. The molecule has 0 heterocycles. The van der Waals surface area contributed by atoms with Crippen LogP contribution in [0.4, 0.5) is 0 Å². The number of hydrogen-bond acceptors (Lipinski definition) is 0. The minimum absolute atomic E-state index is 0. The topological polar surface area (TPSA) is 0 Å². The molecule has 0 aliphatic heterocycles. The number of rotatable bonds is 0. The summed E-state index contributed by atoms with van der Waals surface area (Å²) in [6, 6.07) is 12.1. The molecule has 0 bridgehead atoms. The quantitative estimate of drug-likeness (QED) is 0.350. The fourth-order valence-corrected chi connectivity index (χ4v) is 6.21. The van der Waals surface area contributed by atoms with Gasteiger partial charge in [-0.3, -0.25) is 6.08 Å². The van der Waals surface area contributed by atoms with Crippen molar-refractivity contribution >= 4 is 32.7 Å². The Morgan fingerprint density at radius 2 is 1.11 bits per heavy atom. The molecule has 0 nitrogen and oxygen atoms in total. The van der Waals surface area contributed by atoms with Gasteiger partial charge >= 0.3 is 26.2 Å². The third-order valence-corrected chi connectivity index (χ3v) is 7.91. The van der Waals surface area contributed by atoms with Crippen LogP contribution in [0.25, 0.3) is 32.7 Å². The first-order chi connectivity index (χ1) is 15.4. The molecule has 3 aromatic carbocycles. The molecule has 0 fully saturated rings. The molecule has 0 saturated heterocycles. The van der Waals surface area contributed by atoms with Gasteiger partial charge in [-0.25, -0.2) is 11.1 Å². The molecular weight excluding hydrogens is 558 g/mol. The van der Waals surface area contributed by atoms with Gasteiger partial charge in [0, 0.05) is 10.8 Å². The van der Waals surface area contributed by atoms with Crippen LogP contribution >= 0.6 is 0 Å². The Morgan fingerprint density at radius 1 is 0.694 bits per heavy atom. The molecule has 3 aliphatic carbocycles. The molecule has 1 unspecified atom stereocenters. The molecule has 0 radical (unpaired) electrons. The molecule has 0 saturated carbocycles. The molecule has 1 atom stereocenters. The Bertz CT molecular complexity index is 1350. The number of fused-ring (bicyclic) bond motifs is 5. The summed E-state index contributed by atoms with van der Waals surface area (Å²) in [5.41, 5.74) is 11.6. The van der Waals surface area contributed by atoms with Crippen molar-refractivity contribution in [2.75, 3.05) is 0 Å². The Balaban J connectivity index is 0.000000360. The van der Waals surface area contributed by atoms with Gasteiger partial charge in [0.15, 0.2) is 0 Å². The van der Waals surface area contributed by atoms with Crippen molar-refractivity contribution in [2.24, 2.45) is 5.92 Å². The van der Waals surface area contributed by atoms with Gasteiger partial charge in [-0.05, 0) is 36.1 Å². The van der Waals surface area contributed by atoms with Crippen molar-refractivity contribution in [1.29, 1.82) is 0 Å². The van der Waals surface area contributed by atoms with E-state index in [9.17, 15) is 0 Å². The monoisotopic (exact) mass is 592 g/mol. The third-order valence-electron chi connectivity index (χ3n) is 7.91. The molecule has 3 heteroatoms. The second-order valence-corrected chi connectivity index (χ2v) is 11.6. The summed E-state index contributed by atoms with van der Waals surface area (Å²) in [6.07, 6.45) is 10.3. The standard InChI is InChI=1S/C25H25.C8H11.2ClH.Zr/c1-14-12-24(3,4)22-8-16-7-17-9-23-19(15(2)13-25(23,5)6)11-21(17)20(16)10-18(14)22;1-6-4-7(2)8(3)5-6;;;/h7-13H,1-6H3;4,6H,1-3H3;2*1H;/q2*-1;;;+4/p-2. The average molecular weight is 595 g/mol. The van der Waals surface area contributed by atoms with Crippen LogP contribution in [0, 0.1) is 12.0 Å². The zero-order valence-corrected chi connectivity index (χ0v) is 26.9. The number of allylic oxidation sites excluding steroid dienone is 8. The second-order valence-electron chi connectivity index (χ2n) is 11.6. The third kappa shape index (κ3) is 5.06. The smallest absolute Gasteiger partial charge is 1.00 e. The van der Waals surface area contributed by atoms with E-state index in [2.05, 4.69) is 117 Å². The van der Waals surface area contributed by atoms with Crippen LogP contribution in [-0.2, 0) is 37.0 Å². The first-order valence-electron chi connectivity index (χ1n) is 12.3. The largest absolute Gasteiger partial charge is 4.00 e. The summed E-state index contributed by atoms with van der Waals surface area (Å²) in [6.45, 7) is 20.2. The summed E-state index contributed by atoms with van der Waals surface area (Å²) in [5.74, 6) is 0.551. The van der Waals surface area contributed by atoms with Crippen molar-refractivity contribution in [3.8, 4) is 0 Å². The maximum absolute atomic E-state index is 3.29. The molecular formula is C33H36Cl2Zr. The summed E-state index contributed by atoms with van der Waals surface area (Å²) in [7, 11) is 0. The SMILES string of the molecule is CC1=CC(C)(C)c2cc3[cH-]c4cc5c(cc4c3cc21)C(C)=CC5(C)C.CC1=[C-]C(C)C=C1C.[Cl-].[Cl-].[Zr+4]. The van der Waals surface area contributed by atoms with Crippen molar-refractivity contribution < 1.29 is 51.0 Å². The van der Waals surface area contributed by atoms with Gasteiger partial charge in [0.1, 0.15) is 0 Å². The normalized spacial score (nSPS) is 20.0. The summed E-state index contributed by atoms with van der Waals surface area (Å²) in [5, 5.41) is 5.57. The van der Waals surface area contributed by atoms with Crippen LogP contribution in [0.5, 0.6) is 0 Å². The Labute approximate surface area is 249 Å². The molecule has 0 aromatic heterocycles. The molecule has 186 valence electrons. The van der Waals surface area contributed by atoms with Gasteiger partial charge in [-0.1, -0.05) is 82.9 Å². The maximum atomic E-state index is 3.29. The molecule has 0 spiro atoms. The zero-order valence-electron chi connectivity index (χ0n) is 23.0. The number of benzene rings is 2. The van der Waals surface area contributed by atoms with E-state index >= 15 is 0 Å². The van der Waals surface area contributed by atoms with Crippen molar-refractivity contribution in [3.63, 3.8) is 0 Å². The van der Waals surface area contributed by atoms with Crippen molar-refractivity contribution in [3.05, 3.63) is 88.0 Å². The Morgan fingerprint density at radius 3 is 1.42 bits per heavy atom. The minimum atomic E-state index is 0. The summed E-state index contributed by atoms with van der Waals surface area (Å²) >= 11 is 0. The fraction of sp³-hybridized carbons (Fsp3) is 0.364. The first-order valence-corrected chi connectivity index (χ1v) is 12.3. The molecule has 3 aromatic rings. The Kier molecular flexibility index (Phi) is 9.01. The van der Waals surface area contributed by atoms with E-state index in [1.165, 1.54) is 66.1 Å². The van der Waals surface area contributed by atoms with Crippen LogP contribution in [0.1, 0.15) is 84.6 Å². The Hall–Kier alpha value is -1.27. The summed E-state index contributed by atoms with van der Waals surface area (Å²) in [4.78, 5) is 0. The van der Waals surface area contributed by atoms with Gasteiger partial charge in [0.2, 0.25) is 0 Å². The van der Waals surface area contributed by atoms with Crippen molar-refractivity contribution in [1.82, 2.24) is 0 Å². The van der Waals surface area contributed by atoms with E-state index in [1.54, 1.807) is 0 Å². The van der Waals surface area contributed by atoms with Gasteiger partial charge in [0.25, 0.3) is 0 Å². The first kappa shape index (κ1) is 31.0. The molecule has 36 heavy (non-hydrogen) atoms. The van der Waals surface area contributed by atoms with E-state index in [-0.39, 0.29) is 61.8 Å². The number of halogens is 2. The van der Waals surface area contributed by atoms with E-state index in [0.29, 0.717) is 5.92 Å². The van der Waals surface area contributed by atoms with E-state index < -0.39 is 0 Å². The van der Waals surface area contributed by atoms with E-state index in [0.717, 1.165) is 0 Å². The van der Waals surface area contributed by atoms with Crippen LogP contribution in [0.3, 0.4) is 0 Å². The van der Waals surface area contributed by atoms with Gasteiger partial charge in [-0.2, -0.15) is 6.08 Å². The fourth-order valence-electron chi connectivity index (χ4n) is 6.21. The average Bonchev–Trinajstić information content (AvgIpc) is 3.35. The zero-order chi connectivity index (χ0) is 23.9. The summed E-state index contributed by atoms with van der Waals surface area (Å²) < 4.78 is 0. The van der Waals surface area contributed by atoms with E-state index in [4.69, 9.17) is 0 Å². The second kappa shape index (κ2) is 10.5.